The van der Waals surface area contributed by atoms with E-state index in [1.54, 1.807) is 13.0 Å². The number of rotatable bonds is 3. The van der Waals surface area contributed by atoms with Crippen LogP contribution in [0.2, 0.25) is 0 Å². The Kier molecular flexibility index (Phi) is 5.61. The van der Waals surface area contributed by atoms with E-state index in [4.69, 9.17) is 5.73 Å². The van der Waals surface area contributed by atoms with Crippen LogP contribution in [-0.4, -0.2) is 79.7 Å². The van der Waals surface area contributed by atoms with E-state index in [1.807, 2.05) is 17.5 Å². The van der Waals surface area contributed by atoms with Gasteiger partial charge < -0.3 is 31.3 Å². The molecule has 0 aliphatic heterocycles. The number of carbonyl (C=O) groups is 3. The highest BCUT2D eigenvalue weighted by molar-refractivity contribution is 7.13. The summed E-state index contributed by atoms with van der Waals surface area (Å²) in [4.78, 5) is 41.5. The molecular weight excluding hydrogens is 500 g/mol. The molecule has 3 aliphatic rings. The summed E-state index contributed by atoms with van der Waals surface area (Å²) in [5.41, 5.74) is 2.07. The molecule has 37 heavy (non-hydrogen) atoms. The zero-order valence-corrected chi connectivity index (χ0v) is 21.0. The van der Waals surface area contributed by atoms with Gasteiger partial charge in [-0.25, -0.2) is 0 Å². The summed E-state index contributed by atoms with van der Waals surface area (Å²) in [7, 11) is 2.99. The summed E-state index contributed by atoms with van der Waals surface area (Å²) in [5.74, 6) is -9.05. The molecule has 0 spiro atoms. The lowest BCUT2D eigenvalue weighted by atomic mass is 9.55. The van der Waals surface area contributed by atoms with E-state index in [0.29, 0.717) is 11.1 Å². The van der Waals surface area contributed by atoms with Gasteiger partial charge in [-0.05, 0) is 54.7 Å². The van der Waals surface area contributed by atoms with Crippen LogP contribution in [0.5, 0.6) is 5.75 Å². The standard InChI is InChI=1S/C26H26N2O8S/c1-9-13-10(12-5-4-8-37-12)6-7-11(29)15(13)20(30)16-14(9)21(31)18-19(28(2)3)22(32)17(25(27)35)24(34)26(18,36)23(16)33/h4-9,14,18-19,21,29,31-33,36H,1-3H3,(H2,27,35)/t9-,14+,18+,19-,21-,26-/m0/s1. The number of carbonyl (C=O) groups excluding carboxylic acids is 3. The second-order valence-electron chi connectivity index (χ2n) is 9.95. The molecule has 0 saturated carbocycles. The third-order valence-corrected chi connectivity index (χ3v) is 8.80. The Hall–Kier alpha value is -3.51. The minimum Gasteiger partial charge on any atom is -0.510 e. The Labute approximate surface area is 215 Å². The van der Waals surface area contributed by atoms with Crippen LogP contribution in [0.15, 0.2) is 52.3 Å². The van der Waals surface area contributed by atoms with E-state index >= 15 is 0 Å². The van der Waals surface area contributed by atoms with E-state index in [-0.39, 0.29) is 11.3 Å². The Balaban J connectivity index is 1.82. The van der Waals surface area contributed by atoms with Gasteiger partial charge in [0.15, 0.2) is 11.4 Å². The maximum Gasteiger partial charge on any atom is 0.255 e. The molecule has 0 bridgehead atoms. The lowest BCUT2D eigenvalue weighted by Gasteiger charge is -2.53. The van der Waals surface area contributed by atoms with Crippen LogP contribution in [0, 0.1) is 11.8 Å². The number of primary amides is 1. The maximum absolute atomic E-state index is 13.8. The number of amides is 1. The topological polar surface area (TPSA) is 182 Å². The van der Waals surface area contributed by atoms with E-state index in [2.05, 4.69) is 0 Å². The van der Waals surface area contributed by atoms with Gasteiger partial charge in [0.05, 0.1) is 23.6 Å². The van der Waals surface area contributed by atoms with Gasteiger partial charge in [-0.2, -0.15) is 0 Å². The SMILES string of the molecule is C[C@H]1c2c(-c3cccs3)ccc(O)c2C(=O)C2=C(O)[C@]3(O)C(=O)C(C(N)=O)=C(O)[C@@H](N(C)C)[C@@H]3[C@@H](O)[C@@H]21. The monoisotopic (exact) mass is 526 g/mol. The molecule has 5 rings (SSSR count). The van der Waals surface area contributed by atoms with Crippen molar-refractivity contribution in [1.29, 1.82) is 0 Å². The number of aromatic hydroxyl groups is 1. The van der Waals surface area contributed by atoms with Crippen LogP contribution in [0.3, 0.4) is 0 Å². The molecule has 7 N–H and O–H groups in total. The van der Waals surface area contributed by atoms with Crippen molar-refractivity contribution in [1.82, 2.24) is 4.90 Å². The van der Waals surface area contributed by atoms with Gasteiger partial charge in [-0.3, -0.25) is 19.3 Å². The van der Waals surface area contributed by atoms with Crippen LogP contribution in [0.25, 0.3) is 10.4 Å². The third kappa shape index (κ3) is 3.11. The molecule has 0 radical (unpaired) electrons. The molecule has 6 atom stereocenters. The highest BCUT2D eigenvalue weighted by Crippen LogP contribution is 2.56. The molecule has 1 heterocycles. The van der Waals surface area contributed by atoms with E-state index in [9.17, 15) is 39.9 Å². The predicted molar refractivity (Wildman–Crippen MR) is 133 cm³/mol. The Morgan fingerprint density at radius 1 is 1.14 bits per heavy atom. The average molecular weight is 527 g/mol. The minimum absolute atomic E-state index is 0.105. The summed E-state index contributed by atoms with van der Waals surface area (Å²) < 4.78 is 0. The highest BCUT2D eigenvalue weighted by atomic mass is 32.1. The molecule has 0 fully saturated rings. The van der Waals surface area contributed by atoms with Crippen molar-refractivity contribution in [2.24, 2.45) is 17.6 Å². The molecule has 11 heteroatoms. The van der Waals surface area contributed by atoms with Crippen LogP contribution in [-0.2, 0) is 9.59 Å². The predicted octanol–water partition coefficient (Wildman–Crippen LogP) is 1.38. The van der Waals surface area contributed by atoms with Crippen molar-refractivity contribution in [3.63, 3.8) is 0 Å². The van der Waals surface area contributed by atoms with Gasteiger partial charge in [-0.15, -0.1) is 11.3 Å². The molecule has 10 nitrogen and oxygen atoms in total. The number of nitrogens with two attached hydrogens (primary N) is 1. The van der Waals surface area contributed by atoms with Gasteiger partial charge in [0.25, 0.3) is 5.91 Å². The zero-order valence-electron chi connectivity index (χ0n) is 20.2. The molecular formula is C26H26N2O8S. The summed E-state index contributed by atoms with van der Waals surface area (Å²) in [6.45, 7) is 1.72. The third-order valence-electron chi connectivity index (χ3n) is 7.90. The quantitative estimate of drug-likeness (QED) is 0.322. The molecule has 1 aromatic carbocycles. The van der Waals surface area contributed by atoms with Crippen LogP contribution in [0.1, 0.15) is 28.8 Å². The smallest absolute Gasteiger partial charge is 0.255 e. The first kappa shape index (κ1) is 25.2. The van der Waals surface area contributed by atoms with Gasteiger partial charge in [0.1, 0.15) is 22.8 Å². The van der Waals surface area contributed by atoms with Gasteiger partial charge in [-0.1, -0.05) is 13.0 Å². The van der Waals surface area contributed by atoms with E-state index < -0.39 is 75.6 Å². The number of phenolic OH excluding ortho intramolecular Hbond substituents is 1. The number of nitrogens with zero attached hydrogens (tertiary/aromatic N) is 1. The first-order valence-corrected chi connectivity index (χ1v) is 12.5. The number of thiophene rings is 1. The van der Waals surface area contributed by atoms with Crippen molar-refractivity contribution >= 4 is 28.8 Å². The fourth-order valence-electron chi connectivity index (χ4n) is 6.35. The maximum atomic E-state index is 13.8. The van der Waals surface area contributed by atoms with Crippen LogP contribution < -0.4 is 5.73 Å². The van der Waals surface area contributed by atoms with Gasteiger partial charge in [0.2, 0.25) is 5.78 Å². The van der Waals surface area contributed by atoms with Crippen LogP contribution in [0.4, 0.5) is 0 Å². The molecule has 1 amide bonds. The van der Waals surface area contributed by atoms with E-state index in [1.165, 1.54) is 36.4 Å². The number of fused-ring (bicyclic) bond motifs is 3. The lowest BCUT2D eigenvalue weighted by molar-refractivity contribution is -0.162. The zero-order chi connectivity index (χ0) is 27.1. The lowest BCUT2D eigenvalue weighted by Crippen LogP contribution is -2.68. The minimum atomic E-state index is -2.93. The van der Waals surface area contributed by atoms with Crippen molar-refractivity contribution < 1.29 is 39.9 Å². The number of likely N-dealkylation sites (N-methyl/N-ethyl adjacent to an activating group) is 1. The summed E-state index contributed by atoms with van der Waals surface area (Å²) in [6.07, 6.45) is -1.63. The van der Waals surface area contributed by atoms with Crippen molar-refractivity contribution in [3.8, 4) is 16.2 Å². The number of benzene rings is 1. The molecule has 1 aromatic heterocycles. The first-order chi connectivity index (χ1) is 17.3. The first-order valence-electron chi connectivity index (χ1n) is 11.6. The fraction of sp³-hybridized carbons (Fsp3) is 0.346. The number of hydrogen-bond donors (Lipinski definition) is 6. The normalized spacial score (nSPS) is 31.4. The van der Waals surface area contributed by atoms with Gasteiger partial charge in [0, 0.05) is 16.4 Å². The number of aliphatic hydroxyl groups excluding tert-OH is 3. The Morgan fingerprint density at radius 3 is 2.38 bits per heavy atom. The highest BCUT2D eigenvalue weighted by Gasteiger charge is 2.67. The Morgan fingerprint density at radius 2 is 1.81 bits per heavy atom. The fourth-order valence-corrected chi connectivity index (χ4v) is 7.12. The number of hydrogen-bond acceptors (Lipinski definition) is 10. The number of aliphatic hydroxyl groups is 4. The number of phenols is 1. The van der Waals surface area contributed by atoms with Gasteiger partial charge >= 0.3 is 0 Å². The average Bonchev–Trinajstić information content (AvgIpc) is 3.36. The summed E-state index contributed by atoms with van der Waals surface area (Å²) in [5, 5.41) is 58.3. The van der Waals surface area contributed by atoms with E-state index in [0.717, 1.165) is 4.88 Å². The second-order valence-corrected chi connectivity index (χ2v) is 10.9. The van der Waals surface area contributed by atoms with Crippen molar-refractivity contribution in [2.45, 2.75) is 30.6 Å². The second kappa shape index (κ2) is 8.25. The molecule has 3 aliphatic carbocycles. The van der Waals surface area contributed by atoms with Crippen LogP contribution >= 0.6 is 11.3 Å². The molecule has 2 aromatic rings. The summed E-state index contributed by atoms with van der Waals surface area (Å²) >= 11 is 1.42. The number of Topliss-reactive ketones (excluding diaryl/α,β-unsaturated/α-hetero) is 2. The molecule has 0 saturated heterocycles. The molecule has 0 unspecified atom stereocenters. The molecule has 194 valence electrons. The number of ketones is 2. The summed E-state index contributed by atoms with van der Waals surface area (Å²) in [6, 6.07) is 5.41. The Bertz CT molecular complexity index is 1430. The van der Waals surface area contributed by atoms with Crippen molar-refractivity contribution in [3.05, 3.63) is 63.4 Å². The largest absolute Gasteiger partial charge is 0.510 e. The van der Waals surface area contributed by atoms with Crippen molar-refractivity contribution in [2.75, 3.05) is 14.1 Å².